The first-order valence-corrected chi connectivity index (χ1v) is 14.5. The molecule has 4 aromatic rings. The van der Waals surface area contributed by atoms with E-state index in [9.17, 15) is 18.0 Å². The summed E-state index contributed by atoms with van der Waals surface area (Å²) >= 11 is 6.06. The highest BCUT2D eigenvalue weighted by Crippen LogP contribution is 2.35. The van der Waals surface area contributed by atoms with Crippen molar-refractivity contribution < 1.29 is 32.2 Å². The van der Waals surface area contributed by atoms with Crippen molar-refractivity contribution in [2.75, 3.05) is 31.0 Å². The fourth-order valence-electron chi connectivity index (χ4n) is 4.23. The largest absolute Gasteiger partial charge is 0.493 e. The lowest BCUT2D eigenvalue weighted by atomic mass is 10.1. The quantitative estimate of drug-likeness (QED) is 0.217. The van der Waals surface area contributed by atoms with Gasteiger partial charge >= 0.3 is 5.97 Å². The van der Waals surface area contributed by atoms with Crippen LogP contribution in [0.25, 0.3) is 0 Å². The number of carbonyl (C=O) groups is 2. The van der Waals surface area contributed by atoms with E-state index in [1.165, 1.54) is 56.0 Å². The Kier molecular flexibility index (Phi) is 9.39. The highest BCUT2D eigenvalue weighted by Gasteiger charge is 2.29. The van der Waals surface area contributed by atoms with E-state index in [2.05, 4.69) is 5.32 Å². The summed E-state index contributed by atoms with van der Waals surface area (Å²) in [4.78, 5) is 26.4. The molecule has 0 unspecified atom stereocenters. The number of anilines is 2. The zero-order valence-corrected chi connectivity index (χ0v) is 25.0. The maximum absolute atomic E-state index is 14.1. The van der Waals surface area contributed by atoms with Crippen LogP contribution < -0.4 is 19.1 Å². The monoisotopic (exact) mass is 608 g/mol. The van der Waals surface area contributed by atoms with E-state index in [1.807, 2.05) is 6.92 Å². The summed E-state index contributed by atoms with van der Waals surface area (Å²) in [6.45, 7) is 1.78. The number of aryl methyl sites for hydroxylation is 1. The molecule has 0 atom stereocenters. The van der Waals surface area contributed by atoms with Crippen molar-refractivity contribution in [1.82, 2.24) is 0 Å². The lowest BCUT2D eigenvalue weighted by Gasteiger charge is -2.27. The summed E-state index contributed by atoms with van der Waals surface area (Å²) in [6.07, 6.45) is 0. The molecule has 0 saturated carbocycles. The van der Waals surface area contributed by atoms with E-state index in [-0.39, 0.29) is 45.4 Å². The first-order chi connectivity index (χ1) is 20.1. The third-order valence-corrected chi connectivity index (χ3v) is 8.47. The van der Waals surface area contributed by atoms with Crippen LogP contribution in [0.1, 0.15) is 31.8 Å². The van der Waals surface area contributed by atoms with Gasteiger partial charge in [-0.05, 0) is 48.9 Å². The number of amides is 1. The molecule has 42 heavy (non-hydrogen) atoms. The zero-order valence-electron chi connectivity index (χ0n) is 23.4. The summed E-state index contributed by atoms with van der Waals surface area (Å²) < 4.78 is 44.8. The number of methoxy groups -OCH3 is 3. The van der Waals surface area contributed by atoms with Crippen LogP contribution in [0.2, 0.25) is 5.02 Å². The highest BCUT2D eigenvalue weighted by molar-refractivity contribution is 7.92. The topological polar surface area (TPSA) is 111 Å². The number of esters is 1. The molecule has 0 saturated heterocycles. The summed E-state index contributed by atoms with van der Waals surface area (Å²) in [6, 6.07) is 22.3. The number of benzene rings is 4. The Morgan fingerprint density at radius 2 is 1.45 bits per heavy atom. The van der Waals surface area contributed by atoms with Gasteiger partial charge in [0, 0.05) is 17.2 Å². The van der Waals surface area contributed by atoms with Gasteiger partial charge in [-0.3, -0.25) is 9.10 Å². The molecule has 0 aliphatic heterocycles. The molecule has 218 valence electrons. The van der Waals surface area contributed by atoms with Gasteiger partial charge in [0.2, 0.25) is 0 Å². The van der Waals surface area contributed by atoms with Crippen molar-refractivity contribution in [2.45, 2.75) is 18.4 Å². The van der Waals surface area contributed by atoms with Gasteiger partial charge in [-0.2, -0.15) is 0 Å². The molecular formula is C31H29ClN2O7S. The number of para-hydroxylation sites is 1. The van der Waals surface area contributed by atoms with Crippen molar-refractivity contribution in [3.63, 3.8) is 0 Å². The number of ether oxygens (including phenoxy) is 3. The molecule has 0 fully saturated rings. The fraction of sp³-hybridized carbons (Fsp3) is 0.161. The number of hydrogen-bond acceptors (Lipinski definition) is 7. The van der Waals surface area contributed by atoms with Gasteiger partial charge in [0.05, 0.1) is 55.3 Å². The summed E-state index contributed by atoms with van der Waals surface area (Å²) in [5.74, 6) is -0.858. The third kappa shape index (κ3) is 6.50. The van der Waals surface area contributed by atoms with E-state index in [0.717, 1.165) is 5.56 Å². The molecule has 0 bridgehead atoms. The van der Waals surface area contributed by atoms with Crippen molar-refractivity contribution >= 4 is 44.9 Å². The molecule has 9 nitrogen and oxygen atoms in total. The highest BCUT2D eigenvalue weighted by atomic mass is 35.5. The van der Waals surface area contributed by atoms with Crippen molar-refractivity contribution in [3.05, 3.63) is 112 Å². The molecule has 0 radical (unpaired) electrons. The normalized spacial score (nSPS) is 11.0. The second kappa shape index (κ2) is 13.0. The summed E-state index contributed by atoms with van der Waals surface area (Å²) in [7, 11) is -0.0991. The maximum Gasteiger partial charge on any atom is 0.340 e. The molecule has 4 rings (SSSR count). The third-order valence-electron chi connectivity index (χ3n) is 6.44. The van der Waals surface area contributed by atoms with Gasteiger partial charge in [-0.15, -0.1) is 0 Å². The van der Waals surface area contributed by atoms with Gasteiger partial charge in [-0.1, -0.05) is 53.6 Å². The number of halogens is 1. The predicted molar refractivity (Wildman–Crippen MR) is 161 cm³/mol. The van der Waals surface area contributed by atoms with E-state index >= 15 is 0 Å². The van der Waals surface area contributed by atoms with Gasteiger partial charge < -0.3 is 19.5 Å². The van der Waals surface area contributed by atoms with E-state index in [1.54, 1.807) is 54.6 Å². The molecule has 1 N–H and O–H groups in total. The lowest BCUT2D eigenvalue weighted by Crippen LogP contribution is -2.32. The standard InChI is InChI=1S/C31H29ClN2O7S/c1-20-9-15-23(16-10-20)42(37,38)34(19-21-11-13-22(32)14-12-21)27-8-6-5-7-24(27)30(35)33-26-18-29(40-3)28(39-2)17-25(26)31(36)41-4/h5-18H,19H2,1-4H3,(H,33,35). The number of nitrogens with one attached hydrogen (secondary N) is 1. The predicted octanol–water partition coefficient (Wildman–Crippen LogP) is 6.10. The van der Waals surface area contributed by atoms with Crippen LogP contribution in [-0.2, 0) is 21.3 Å². The van der Waals surface area contributed by atoms with Crippen molar-refractivity contribution in [2.24, 2.45) is 0 Å². The lowest BCUT2D eigenvalue weighted by molar-refractivity contribution is 0.0601. The van der Waals surface area contributed by atoms with Crippen LogP contribution >= 0.6 is 11.6 Å². The molecule has 0 heterocycles. The maximum atomic E-state index is 14.1. The van der Waals surface area contributed by atoms with Crippen LogP contribution in [0.15, 0.2) is 89.8 Å². The molecule has 0 spiro atoms. The van der Waals surface area contributed by atoms with E-state index in [0.29, 0.717) is 10.6 Å². The fourth-order valence-corrected chi connectivity index (χ4v) is 5.82. The average Bonchev–Trinajstić information content (AvgIpc) is 3.00. The Bertz CT molecular complexity index is 1710. The Labute approximate surface area is 249 Å². The van der Waals surface area contributed by atoms with Crippen molar-refractivity contribution in [1.29, 1.82) is 0 Å². The average molecular weight is 609 g/mol. The van der Waals surface area contributed by atoms with Crippen molar-refractivity contribution in [3.8, 4) is 11.5 Å². The minimum Gasteiger partial charge on any atom is -0.493 e. The Morgan fingerprint density at radius 1 is 0.833 bits per heavy atom. The van der Waals surface area contributed by atoms with E-state index < -0.39 is 21.9 Å². The Morgan fingerprint density at radius 3 is 2.07 bits per heavy atom. The Balaban J connectivity index is 1.82. The number of carbonyl (C=O) groups excluding carboxylic acids is 2. The van der Waals surface area contributed by atoms with Crippen LogP contribution in [0, 0.1) is 6.92 Å². The molecule has 11 heteroatoms. The number of nitrogens with zero attached hydrogens (tertiary/aromatic N) is 1. The van der Waals surface area contributed by atoms with Crippen LogP contribution in [0.5, 0.6) is 11.5 Å². The van der Waals surface area contributed by atoms with Crippen LogP contribution in [0.4, 0.5) is 11.4 Å². The van der Waals surface area contributed by atoms with Crippen LogP contribution in [-0.4, -0.2) is 41.6 Å². The number of rotatable bonds is 10. The number of hydrogen-bond donors (Lipinski definition) is 1. The second-order valence-electron chi connectivity index (χ2n) is 9.17. The molecule has 0 aliphatic carbocycles. The molecule has 1 amide bonds. The minimum absolute atomic E-state index is 0.0197. The molecular weight excluding hydrogens is 580 g/mol. The smallest absolute Gasteiger partial charge is 0.340 e. The Hall–Kier alpha value is -4.54. The SMILES string of the molecule is COC(=O)c1cc(OC)c(OC)cc1NC(=O)c1ccccc1N(Cc1ccc(Cl)cc1)S(=O)(=O)c1ccc(C)cc1. The van der Waals surface area contributed by atoms with Gasteiger partial charge in [0.25, 0.3) is 15.9 Å². The molecule has 4 aromatic carbocycles. The van der Waals surface area contributed by atoms with Gasteiger partial charge in [0.1, 0.15) is 0 Å². The van der Waals surface area contributed by atoms with Crippen LogP contribution in [0.3, 0.4) is 0 Å². The number of sulfonamides is 1. The molecule has 0 aliphatic rings. The first kappa shape index (κ1) is 30.4. The van der Waals surface area contributed by atoms with Gasteiger partial charge in [-0.25, -0.2) is 13.2 Å². The first-order valence-electron chi connectivity index (χ1n) is 12.7. The second-order valence-corrected chi connectivity index (χ2v) is 11.5. The summed E-state index contributed by atoms with van der Waals surface area (Å²) in [5, 5.41) is 3.22. The minimum atomic E-state index is -4.14. The summed E-state index contributed by atoms with van der Waals surface area (Å²) in [5.41, 5.74) is 1.84. The van der Waals surface area contributed by atoms with E-state index in [4.69, 9.17) is 25.8 Å². The molecule has 0 aromatic heterocycles. The zero-order chi connectivity index (χ0) is 30.4. The van der Waals surface area contributed by atoms with Gasteiger partial charge in [0.15, 0.2) is 11.5 Å².